The number of hydrogen-bond acceptors (Lipinski definition) is 3. The van der Waals surface area contributed by atoms with Gasteiger partial charge in [0.1, 0.15) is 5.75 Å². The summed E-state index contributed by atoms with van der Waals surface area (Å²) in [6.07, 6.45) is -1.17. The molecule has 0 aromatic heterocycles. The molecule has 0 spiro atoms. The number of alkyl halides is 3. The lowest BCUT2D eigenvalue weighted by atomic mass is 10.1. The number of hydrogen-bond donors (Lipinski definition) is 2. The summed E-state index contributed by atoms with van der Waals surface area (Å²) in [5.41, 5.74) is 0.724. The van der Waals surface area contributed by atoms with Crippen LogP contribution in [0.4, 0.5) is 13.2 Å². The number of amides is 1. The van der Waals surface area contributed by atoms with Gasteiger partial charge in [0.2, 0.25) is 5.91 Å². The van der Waals surface area contributed by atoms with Gasteiger partial charge in [-0.05, 0) is 43.5 Å². The van der Waals surface area contributed by atoms with Crippen molar-refractivity contribution in [2.24, 2.45) is 0 Å². The van der Waals surface area contributed by atoms with Crippen molar-refractivity contribution < 1.29 is 22.7 Å². The monoisotopic (exact) mass is 316 g/mol. The average molecular weight is 316 g/mol. The van der Waals surface area contributed by atoms with Crippen LogP contribution < -0.4 is 15.4 Å². The fourth-order valence-electron chi connectivity index (χ4n) is 2.41. The van der Waals surface area contributed by atoms with E-state index in [4.69, 9.17) is 0 Å². The van der Waals surface area contributed by atoms with Crippen LogP contribution in [0.25, 0.3) is 0 Å². The minimum Gasteiger partial charge on any atom is -0.406 e. The van der Waals surface area contributed by atoms with Gasteiger partial charge in [-0.1, -0.05) is 12.1 Å². The molecule has 1 aromatic rings. The van der Waals surface area contributed by atoms with Crippen molar-refractivity contribution >= 4 is 5.91 Å². The van der Waals surface area contributed by atoms with Gasteiger partial charge >= 0.3 is 6.36 Å². The molecule has 7 heteroatoms. The van der Waals surface area contributed by atoms with Gasteiger partial charge in [-0.15, -0.1) is 13.2 Å². The molecule has 0 aliphatic carbocycles. The Morgan fingerprint density at radius 1 is 1.32 bits per heavy atom. The summed E-state index contributed by atoms with van der Waals surface area (Å²) >= 11 is 0. The molecule has 0 bridgehead atoms. The van der Waals surface area contributed by atoms with Crippen molar-refractivity contribution in [2.75, 3.05) is 6.54 Å². The van der Waals surface area contributed by atoms with Crippen LogP contribution in [-0.2, 0) is 11.3 Å². The summed E-state index contributed by atoms with van der Waals surface area (Å²) in [6.45, 7) is 1.31. The van der Waals surface area contributed by atoms with Crippen molar-refractivity contribution in [3.63, 3.8) is 0 Å². The summed E-state index contributed by atoms with van der Waals surface area (Å²) in [7, 11) is 0. The van der Waals surface area contributed by atoms with Crippen LogP contribution in [0.15, 0.2) is 24.3 Å². The van der Waals surface area contributed by atoms with Gasteiger partial charge in [0.05, 0.1) is 0 Å². The highest BCUT2D eigenvalue weighted by Gasteiger charge is 2.30. The van der Waals surface area contributed by atoms with Gasteiger partial charge in [0, 0.05) is 19.0 Å². The molecule has 4 nitrogen and oxygen atoms in total. The molecule has 0 saturated carbocycles. The molecule has 1 aliphatic rings. The normalized spacial score (nSPS) is 18.2. The van der Waals surface area contributed by atoms with E-state index in [0.29, 0.717) is 19.0 Å². The largest absolute Gasteiger partial charge is 0.573 e. The second-order valence-corrected chi connectivity index (χ2v) is 5.30. The van der Waals surface area contributed by atoms with E-state index in [0.717, 1.165) is 31.4 Å². The first kappa shape index (κ1) is 16.6. The maximum atomic E-state index is 12.0. The molecule has 1 fully saturated rings. The SMILES string of the molecule is O=C(CCC1CCCN1)NCc1ccc(OC(F)(F)F)cc1. The van der Waals surface area contributed by atoms with Gasteiger partial charge in [-0.25, -0.2) is 0 Å². The Kier molecular flexibility index (Phi) is 5.65. The molecule has 1 aliphatic heterocycles. The number of carbonyl (C=O) groups is 1. The van der Waals surface area contributed by atoms with Gasteiger partial charge in [-0.3, -0.25) is 4.79 Å². The van der Waals surface area contributed by atoms with Crippen molar-refractivity contribution in [3.05, 3.63) is 29.8 Å². The topological polar surface area (TPSA) is 50.4 Å². The summed E-state index contributed by atoms with van der Waals surface area (Å²) in [5, 5.41) is 6.09. The lowest BCUT2D eigenvalue weighted by Crippen LogP contribution is -2.27. The first-order valence-corrected chi connectivity index (χ1v) is 7.27. The van der Waals surface area contributed by atoms with Crippen LogP contribution in [0, 0.1) is 0 Å². The van der Waals surface area contributed by atoms with Crippen molar-refractivity contribution in [1.82, 2.24) is 10.6 Å². The van der Waals surface area contributed by atoms with E-state index in [9.17, 15) is 18.0 Å². The summed E-state index contributed by atoms with van der Waals surface area (Å²) in [5.74, 6) is -0.320. The standard InChI is InChI=1S/C15H19F3N2O2/c16-15(17,18)22-13-6-3-11(4-7-13)10-20-14(21)8-5-12-2-1-9-19-12/h3-4,6-7,12,19H,1-2,5,8-10H2,(H,20,21). The van der Waals surface area contributed by atoms with Crippen LogP contribution >= 0.6 is 0 Å². The maximum Gasteiger partial charge on any atom is 0.573 e. The highest BCUT2D eigenvalue weighted by molar-refractivity contribution is 5.75. The second kappa shape index (κ2) is 7.49. The molecule has 1 amide bonds. The molecule has 1 saturated heterocycles. The highest BCUT2D eigenvalue weighted by atomic mass is 19.4. The van der Waals surface area contributed by atoms with Gasteiger partial charge in [-0.2, -0.15) is 0 Å². The number of rotatable bonds is 6. The molecule has 1 unspecified atom stereocenters. The fourth-order valence-corrected chi connectivity index (χ4v) is 2.41. The molecule has 1 aromatic carbocycles. The Hall–Kier alpha value is -1.76. The zero-order chi connectivity index (χ0) is 16.0. The van der Waals surface area contributed by atoms with Crippen molar-refractivity contribution in [3.8, 4) is 5.75 Å². The summed E-state index contributed by atoms with van der Waals surface area (Å²) < 4.78 is 39.9. The Morgan fingerprint density at radius 2 is 2.05 bits per heavy atom. The minimum absolute atomic E-state index is 0.0516. The Balaban J connectivity index is 1.70. The number of halogens is 3. The third-order valence-corrected chi connectivity index (χ3v) is 3.53. The van der Waals surface area contributed by atoms with Gasteiger partial charge < -0.3 is 15.4 Å². The van der Waals surface area contributed by atoms with Crippen molar-refractivity contribution in [1.29, 1.82) is 0 Å². The van der Waals surface area contributed by atoms with Crippen LogP contribution in [0.3, 0.4) is 0 Å². The quantitative estimate of drug-likeness (QED) is 0.848. The van der Waals surface area contributed by atoms with Gasteiger partial charge in [0.15, 0.2) is 0 Å². The summed E-state index contributed by atoms with van der Waals surface area (Å²) in [6, 6.07) is 5.89. The van der Waals surface area contributed by atoms with E-state index in [1.165, 1.54) is 24.3 Å². The molecule has 1 heterocycles. The number of benzene rings is 1. The molecule has 0 radical (unpaired) electrons. The molecule has 122 valence electrons. The van der Waals surface area contributed by atoms with Crippen molar-refractivity contribution in [2.45, 2.75) is 44.6 Å². The lowest BCUT2D eigenvalue weighted by molar-refractivity contribution is -0.274. The summed E-state index contributed by atoms with van der Waals surface area (Å²) in [4.78, 5) is 11.7. The number of carbonyl (C=O) groups excluding carboxylic acids is 1. The number of ether oxygens (including phenoxy) is 1. The molecular weight excluding hydrogens is 297 g/mol. The molecule has 2 N–H and O–H groups in total. The molecule has 2 rings (SSSR count). The Bertz CT molecular complexity index is 483. The zero-order valence-electron chi connectivity index (χ0n) is 12.1. The number of nitrogens with one attached hydrogen (secondary N) is 2. The third-order valence-electron chi connectivity index (χ3n) is 3.53. The Morgan fingerprint density at radius 3 is 2.64 bits per heavy atom. The predicted molar refractivity (Wildman–Crippen MR) is 75.2 cm³/mol. The van der Waals surface area contributed by atoms with E-state index in [2.05, 4.69) is 15.4 Å². The zero-order valence-corrected chi connectivity index (χ0v) is 12.1. The first-order valence-electron chi connectivity index (χ1n) is 7.27. The van der Waals surface area contributed by atoms with E-state index < -0.39 is 6.36 Å². The van der Waals surface area contributed by atoms with Crippen LogP contribution in [0.5, 0.6) is 5.75 Å². The molecule has 1 atom stereocenters. The minimum atomic E-state index is -4.69. The van der Waals surface area contributed by atoms with E-state index in [-0.39, 0.29) is 11.7 Å². The highest BCUT2D eigenvalue weighted by Crippen LogP contribution is 2.22. The van der Waals surface area contributed by atoms with E-state index in [1.807, 2.05) is 0 Å². The average Bonchev–Trinajstić information content (AvgIpc) is 2.96. The predicted octanol–water partition coefficient (Wildman–Crippen LogP) is 2.73. The maximum absolute atomic E-state index is 12.0. The van der Waals surface area contributed by atoms with E-state index in [1.54, 1.807) is 0 Å². The van der Waals surface area contributed by atoms with Crippen LogP contribution in [0.1, 0.15) is 31.2 Å². The third kappa shape index (κ3) is 5.93. The molecular formula is C15H19F3N2O2. The van der Waals surface area contributed by atoms with Crippen LogP contribution in [-0.4, -0.2) is 24.9 Å². The first-order chi connectivity index (χ1) is 10.4. The van der Waals surface area contributed by atoms with Gasteiger partial charge in [0.25, 0.3) is 0 Å². The molecule has 22 heavy (non-hydrogen) atoms. The smallest absolute Gasteiger partial charge is 0.406 e. The lowest BCUT2D eigenvalue weighted by Gasteiger charge is -2.11. The second-order valence-electron chi connectivity index (χ2n) is 5.30. The Labute approximate surface area is 127 Å². The van der Waals surface area contributed by atoms with E-state index >= 15 is 0 Å². The fraction of sp³-hybridized carbons (Fsp3) is 0.533. The van der Waals surface area contributed by atoms with Crippen LogP contribution in [0.2, 0.25) is 0 Å².